The Morgan fingerprint density at radius 3 is 2.47 bits per heavy atom. The van der Waals surface area contributed by atoms with Crippen LogP contribution in [0.1, 0.15) is 10.4 Å². The van der Waals surface area contributed by atoms with Crippen molar-refractivity contribution in [2.75, 3.05) is 7.11 Å². The Kier molecular flexibility index (Phi) is 3.03. The van der Waals surface area contributed by atoms with E-state index in [1.165, 1.54) is 32.3 Å². The summed E-state index contributed by atoms with van der Waals surface area (Å²) in [6, 6.07) is 12.6. The minimum atomic E-state index is 0.944. The van der Waals surface area contributed by atoms with Crippen molar-refractivity contribution in [2.45, 2.75) is 13.8 Å². The van der Waals surface area contributed by atoms with Crippen LogP contribution in [0.3, 0.4) is 0 Å². The summed E-state index contributed by atoms with van der Waals surface area (Å²) < 4.78 is 5.58. The van der Waals surface area contributed by atoms with Gasteiger partial charge in [-0.2, -0.15) is 0 Å². The van der Waals surface area contributed by atoms with Gasteiger partial charge in [0.2, 0.25) is 0 Å². The molecule has 0 fully saturated rings. The summed E-state index contributed by atoms with van der Waals surface area (Å²) in [5.41, 5.74) is 3.85. The van der Waals surface area contributed by atoms with Gasteiger partial charge in [-0.1, -0.05) is 30.3 Å². The van der Waals surface area contributed by atoms with Crippen molar-refractivity contribution >= 4 is 22.1 Å². The molecule has 0 bridgehead atoms. The van der Waals surface area contributed by atoms with Crippen LogP contribution < -0.4 is 4.74 Å². The topological polar surface area (TPSA) is 9.23 Å². The number of hydrogen-bond acceptors (Lipinski definition) is 2. The van der Waals surface area contributed by atoms with E-state index in [2.05, 4.69) is 55.6 Å². The molecule has 0 unspecified atom stereocenters. The predicted octanol–water partition coefficient (Wildman–Crippen LogP) is 5.19. The monoisotopic (exact) mass is 268 g/mol. The molecule has 3 rings (SSSR count). The number of aryl methyl sites for hydroxylation is 1. The van der Waals surface area contributed by atoms with Crippen molar-refractivity contribution in [3.05, 3.63) is 52.2 Å². The van der Waals surface area contributed by atoms with E-state index < -0.39 is 0 Å². The molecule has 1 nitrogen and oxygen atoms in total. The average Bonchev–Trinajstić information content (AvgIpc) is 2.77. The Bertz CT molecular complexity index is 740. The molecule has 0 aliphatic rings. The zero-order valence-corrected chi connectivity index (χ0v) is 12.2. The molecule has 3 aromatic rings. The van der Waals surface area contributed by atoms with Gasteiger partial charge in [0.05, 0.1) is 7.11 Å². The highest BCUT2D eigenvalue weighted by molar-refractivity contribution is 7.10. The number of methoxy groups -OCH3 is 1. The van der Waals surface area contributed by atoms with Crippen LogP contribution in [0.25, 0.3) is 21.9 Å². The van der Waals surface area contributed by atoms with Crippen molar-refractivity contribution < 1.29 is 4.74 Å². The maximum absolute atomic E-state index is 5.58. The second-order valence-electron chi connectivity index (χ2n) is 4.69. The van der Waals surface area contributed by atoms with Gasteiger partial charge in [0.25, 0.3) is 0 Å². The second-order valence-corrected chi connectivity index (χ2v) is 5.78. The summed E-state index contributed by atoms with van der Waals surface area (Å²) in [6.45, 7) is 4.35. The maximum Gasteiger partial charge on any atom is 0.127 e. The van der Waals surface area contributed by atoms with E-state index >= 15 is 0 Å². The van der Waals surface area contributed by atoms with Gasteiger partial charge in [0.15, 0.2) is 0 Å². The third-order valence-electron chi connectivity index (χ3n) is 3.67. The summed E-state index contributed by atoms with van der Waals surface area (Å²) in [4.78, 5) is 1.37. The predicted molar refractivity (Wildman–Crippen MR) is 83.3 cm³/mol. The van der Waals surface area contributed by atoms with Crippen LogP contribution in [0.15, 0.2) is 41.8 Å². The molecule has 2 aromatic carbocycles. The Balaban J connectivity index is 2.40. The lowest BCUT2D eigenvalue weighted by Gasteiger charge is -2.12. The van der Waals surface area contributed by atoms with Crippen LogP contribution in [-0.2, 0) is 0 Å². The van der Waals surface area contributed by atoms with Crippen LogP contribution in [0.5, 0.6) is 5.75 Å². The van der Waals surface area contributed by atoms with Crippen molar-refractivity contribution in [3.63, 3.8) is 0 Å². The van der Waals surface area contributed by atoms with Gasteiger partial charge in [-0.3, -0.25) is 0 Å². The summed E-state index contributed by atoms with van der Waals surface area (Å²) in [5.74, 6) is 0.944. The largest absolute Gasteiger partial charge is 0.496 e. The number of thiophene rings is 1. The van der Waals surface area contributed by atoms with Crippen molar-refractivity contribution in [1.29, 1.82) is 0 Å². The summed E-state index contributed by atoms with van der Waals surface area (Å²) >= 11 is 1.80. The van der Waals surface area contributed by atoms with E-state index in [-0.39, 0.29) is 0 Å². The van der Waals surface area contributed by atoms with Gasteiger partial charge in [-0.25, -0.2) is 0 Å². The zero-order chi connectivity index (χ0) is 13.4. The summed E-state index contributed by atoms with van der Waals surface area (Å²) in [6.07, 6.45) is 0. The number of hydrogen-bond donors (Lipinski definition) is 0. The molecule has 0 aliphatic carbocycles. The Morgan fingerprint density at radius 2 is 1.79 bits per heavy atom. The van der Waals surface area contributed by atoms with E-state index in [1.54, 1.807) is 18.4 Å². The third-order valence-corrected chi connectivity index (χ3v) is 4.68. The van der Waals surface area contributed by atoms with Crippen LogP contribution >= 0.6 is 11.3 Å². The minimum absolute atomic E-state index is 0.944. The molecule has 2 heteroatoms. The summed E-state index contributed by atoms with van der Waals surface area (Å²) in [5, 5.41) is 4.74. The van der Waals surface area contributed by atoms with Gasteiger partial charge in [-0.05, 0) is 47.2 Å². The van der Waals surface area contributed by atoms with Gasteiger partial charge in [-0.15, -0.1) is 11.3 Å². The molecule has 0 N–H and O–H groups in total. The van der Waals surface area contributed by atoms with Gasteiger partial charge < -0.3 is 4.74 Å². The van der Waals surface area contributed by atoms with Gasteiger partial charge in [0.1, 0.15) is 5.75 Å². The Hall–Kier alpha value is -1.80. The van der Waals surface area contributed by atoms with E-state index in [0.29, 0.717) is 0 Å². The molecule has 0 amide bonds. The molecule has 19 heavy (non-hydrogen) atoms. The molecular formula is C17H16OS. The standard InChI is InChI=1S/C17H16OS/c1-11-12(2)19-10-15(11)17-14-7-5-4-6-13(14)8-9-16(17)18-3/h4-10H,1-3H3. The molecular weight excluding hydrogens is 252 g/mol. The van der Waals surface area contributed by atoms with Crippen molar-refractivity contribution in [1.82, 2.24) is 0 Å². The fraction of sp³-hybridized carbons (Fsp3) is 0.176. The Labute approximate surface area is 117 Å². The van der Waals surface area contributed by atoms with Crippen LogP contribution in [0.4, 0.5) is 0 Å². The number of ether oxygens (including phenoxy) is 1. The second kappa shape index (κ2) is 4.71. The first kappa shape index (κ1) is 12.2. The number of rotatable bonds is 2. The van der Waals surface area contributed by atoms with E-state index in [1.807, 2.05) is 0 Å². The molecule has 0 saturated heterocycles. The van der Waals surface area contributed by atoms with E-state index in [4.69, 9.17) is 4.74 Å². The normalized spacial score (nSPS) is 10.9. The lowest BCUT2D eigenvalue weighted by Crippen LogP contribution is -1.90. The molecule has 0 saturated carbocycles. The molecule has 0 aliphatic heterocycles. The molecule has 1 aromatic heterocycles. The molecule has 1 heterocycles. The molecule has 0 spiro atoms. The summed E-state index contributed by atoms with van der Waals surface area (Å²) in [7, 11) is 1.74. The minimum Gasteiger partial charge on any atom is -0.496 e. The van der Waals surface area contributed by atoms with Crippen LogP contribution in [0.2, 0.25) is 0 Å². The smallest absolute Gasteiger partial charge is 0.127 e. The zero-order valence-electron chi connectivity index (χ0n) is 11.4. The SMILES string of the molecule is COc1ccc2ccccc2c1-c1csc(C)c1C. The lowest BCUT2D eigenvalue weighted by atomic mass is 9.96. The van der Waals surface area contributed by atoms with Crippen LogP contribution in [-0.4, -0.2) is 7.11 Å². The fourth-order valence-corrected chi connectivity index (χ4v) is 3.34. The van der Waals surface area contributed by atoms with Crippen LogP contribution in [0, 0.1) is 13.8 Å². The first-order valence-electron chi connectivity index (χ1n) is 6.33. The average molecular weight is 268 g/mol. The quantitative estimate of drug-likeness (QED) is 0.621. The van der Waals surface area contributed by atoms with Gasteiger partial charge in [0, 0.05) is 10.4 Å². The first-order valence-corrected chi connectivity index (χ1v) is 7.21. The number of benzene rings is 2. The highest BCUT2D eigenvalue weighted by Gasteiger charge is 2.14. The fourth-order valence-electron chi connectivity index (χ4n) is 2.46. The van der Waals surface area contributed by atoms with Gasteiger partial charge >= 0.3 is 0 Å². The Morgan fingerprint density at radius 1 is 1.00 bits per heavy atom. The van der Waals surface area contributed by atoms with Crippen molar-refractivity contribution in [2.24, 2.45) is 0 Å². The highest BCUT2D eigenvalue weighted by atomic mass is 32.1. The third kappa shape index (κ3) is 1.92. The highest BCUT2D eigenvalue weighted by Crippen LogP contribution is 2.41. The molecule has 96 valence electrons. The van der Waals surface area contributed by atoms with E-state index in [0.717, 1.165) is 5.75 Å². The number of fused-ring (bicyclic) bond motifs is 1. The molecule has 0 atom stereocenters. The maximum atomic E-state index is 5.58. The first-order chi connectivity index (χ1) is 9.22. The molecule has 0 radical (unpaired) electrons. The lowest BCUT2D eigenvalue weighted by molar-refractivity contribution is 0.417. The van der Waals surface area contributed by atoms with Crippen molar-refractivity contribution in [3.8, 4) is 16.9 Å². The van der Waals surface area contributed by atoms with E-state index in [9.17, 15) is 0 Å².